The lowest BCUT2D eigenvalue weighted by molar-refractivity contribution is -0.261. The van der Waals surface area contributed by atoms with E-state index in [2.05, 4.69) is 5.32 Å². The fourth-order valence-corrected chi connectivity index (χ4v) is 1.62. The van der Waals surface area contributed by atoms with Gasteiger partial charge < -0.3 is 20.3 Å². The Morgan fingerprint density at radius 3 is 2.09 bits per heavy atom. The number of ether oxygens (including phenoxy) is 1. The highest BCUT2D eigenvalue weighted by Crippen LogP contribution is 2.39. The first kappa shape index (κ1) is 7.49. The molecule has 2 fully saturated rings. The standard InChI is InChI=1S/C7H13NO3/c9-3-6(1-8-2-6)7(10)4-11-5-7/h8-10H,1-5H2. The summed E-state index contributed by atoms with van der Waals surface area (Å²) in [4.78, 5) is 0. The minimum Gasteiger partial charge on any atom is -0.396 e. The predicted octanol–water partition coefficient (Wildman–Crippen LogP) is -1.67. The van der Waals surface area contributed by atoms with Crippen LogP contribution in [0.15, 0.2) is 0 Å². The molecular weight excluding hydrogens is 146 g/mol. The highest BCUT2D eigenvalue weighted by molar-refractivity contribution is 5.09. The number of hydrogen-bond acceptors (Lipinski definition) is 4. The van der Waals surface area contributed by atoms with Crippen LogP contribution >= 0.6 is 0 Å². The maximum absolute atomic E-state index is 9.86. The van der Waals surface area contributed by atoms with E-state index in [-0.39, 0.29) is 12.0 Å². The van der Waals surface area contributed by atoms with Gasteiger partial charge in [0.2, 0.25) is 0 Å². The van der Waals surface area contributed by atoms with Crippen LogP contribution in [0.25, 0.3) is 0 Å². The van der Waals surface area contributed by atoms with Crippen molar-refractivity contribution in [2.75, 3.05) is 32.9 Å². The van der Waals surface area contributed by atoms with Crippen molar-refractivity contribution in [1.29, 1.82) is 0 Å². The summed E-state index contributed by atoms with van der Waals surface area (Å²) in [7, 11) is 0. The highest BCUT2D eigenvalue weighted by Gasteiger charge is 2.58. The molecule has 0 aromatic heterocycles. The van der Waals surface area contributed by atoms with Gasteiger partial charge in [-0.15, -0.1) is 0 Å². The van der Waals surface area contributed by atoms with Crippen molar-refractivity contribution in [2.24, 2.45) is 5.41 Å². The lowest BCUT2D eigenvalue weighted by Crippen LogP contribution is -2.74. The molecule has 2 rings (SSSR count). The van der Waals surface area contributed by atoms with E-state index in [4.69, 9.17) is 9.84 Å². The fraction of sp³-hybridized carbons (Fsp3) is 1.00. The molecule has 0 amide bonds. The molecule has 4 nitrogen and oxygen atoms in total. The molecule has 0 aromatic rings. The van der Waals surface area contributed by atoms with Crippen LogP contribution in [0.2, 0.25) is 0 Å². The van der Waals surface area contributed by atoms with Gasteiger partial charge in [0.05, 0.1) is 25.2 Å². The Hall–Kier alpha value is -0.160. The summed E-state index contributed by atoms with van der Waals surface area (Å²) < 4.78 is 4.93. The Bertz CT molecular complexity index is 158. The normalized spacial score (nSPS) is 32.2. The van der Waals surface area contributed by atoms with Crippen molar-refractivity contribution in [3.8, 4) is 0 Å². The third-order valence-corrected chi connectivity index (χ3v) is 2.90. The van der Waals surface area contributed by atoms with E-state index < -0.39 is 5.60 Å². The van der Waals surface area contributed by atoms with Gasteiger partial charge in [-0.1, -0.05) is 0 Å². The Morgan fingerprint density at radius 2 is 2.00 bits per heavy atom. The number of rotatable bonds is 2. The predicted molar refractivity (Wildman–Crippen MR) is 38.2 cm³/mol. The minimum absolute atomic E-state index is 0.0415. The second-order valence-electron chi connectivity index (χ2n) is 3.57. The van der Waals surface area contributed by atoms with Crippen molar-refractivity contribution < 1.29 is 14.9 Å². The van der Waals surface area contributed by atoms with Crippen LogP contribution < -0.4 is 5.32 Å². The molecule has 2 aliphatic heterocycles. The van der Waals surface area contributed by atoms with Crippen LogP contribution in [0, 0.1) is 5.41 Å². The van der Waals surface area contributed by atoms with Gasteiger partial charge in [0.15, 0.2) is 0 Å². The van der Waals surface area contributed by atoms with E-state index in [0.29, 0.717) is 26.3 Å². The zero-order chi connectivity index (χ0) is 7.95. The fourth-order valence-electron chi connectivity index (χ4n) is 1.62. The number of nitrogens with one attached hydrogen (secondary N) is 1. The van der Waals surface area contributed by atoms with Crippen LogP contribution in [-0.2, 0) is 4.74 Å². The molecule has 2 saturated heterocycles. The maximum Gasteiger partial charge on any atom is 0.121 e. The zero-order valence-electron chi connectivity index (χ0n) is 6.34. The van der Waals surface area contributed by atoms with Crippen LogP contribution in [0.1, 0.15) is 0 Å². The summed E-state index contributed by atoms with van der Waals surface area (Å²) in [6.07, 6.45) is 0. The van der Waals surface area contributed by atoms with Crippen LogP contribution in [-0.4, -0.2) is 48.7 Å². The molecule has 0 spiro atoms. The minimum atomic E-state index is -0.771. The third kappa shape index (κ3) is 0.780. The monoisotopic (exact) mass is 159 g/mol. The largest absolute Gasteiger partial charge is 0.396 e. The number of aliphatic hydroxyl groups is 2. The number of hydrogen-bond donors (Lipinski definition) is 3. The molecule has 2 aliphatic rings. The van der Waals surface area contributed by atoms with Crippen LogP contribution in [0.3, 0.4) is 0 Å². The van der Waals surface area contributed by atoms with E-state index in [1.807, 2.05) is 0 Å². The Balaban J connectivity index is 2.10. The van der Waals surface area contributed by atoms with Gasteiger partial charge >= 0.3 is 0 Å². The second kappa shape index (κ2) is 2.17. The molecule has 0 aromatic carbocycles. The number of aliphatic hydroxyl groups excluding tert-OH is 1. The van der Waals surface area contributed by atoms with Crippen LogP contribution in [0.4, 0.5) is 0 Å². The molecule has 0 radical (unpaired) electrons. The van der Waals surface area contributed by atoms with Crippen molar-refractivity contribution in [2.45, 2.75) is 5.60 Å². The summed E-state index contributed by atoms with van der Waals surface area (Å²) in [6, 6.07) is 0. The summed E-state index contributed by atoms with van der Waals surface area (Å²) in [5.41, 5.74) is -1.10. The van der Waals surface area contributed by atoms with E-state index in [1.54, 1.807) is 0 Å². The topological polar surface area (TPSA) is 61.7 Å². The van der Waals surface area contributed by atoms with E-state index in [9.17, 15) is 5.11 Å². The van der Waals surface area contributed by atoms with Crippen molar-refractivity contribution in [3.63, 3.8) is 0 Å². The van der Waals surface area contributed by atoms with E-state index in [1.165, 1.54) is 0 Å². The molecule has 2 heterocycles. The molecule has 0 atom stereocenters. The van der Waals surface area contributed by atoms with Gasteiger partial charge in [0.25, 0.3) is 0 Å². The summed E-state index contributed by atoms with van der Waals surface area (Å²) >= 11 is 0. The van der Waals surface area contributed by atoms with Crippen molar-refractivity contribution in [3.05, 3.63) is 0 Å². The van der Waals surface area contributed by atoms with Crippen molar-refractivity contribution >= 4 is 0 Å². The smallest absolute Gasteiger partial charge is 0.121 e. The second-order valence-corrected chi connectivity index (χ2v) is 3.57. The average Bonchev–Trinajstić information content (AvgIpc) is 1.83. The first-order valence-corrected chi connectivity index (χ1v) is 3.84. The molecule has 3 N–H and O–H groups in total. The highest BCUT2D eigenvalue weighted by atomic mass is 16.5. The van der Waals surface area contributed by atoms with Gasteiger partial charge in [0.1, 0.15) is 5.60 Å². The maximum atomic E-state index is 9.86. The molecular formula is C7H13NO3. The molecule has 0 aliphatic carbocycles. The Morgan fingerprint density at radius 1 is 1.36 bits per heavy atom. The quantitative estimate of drug-likeness (QED) is 0.451. The van der Waals surface area contributed by atoms with E-state index >= 15 is 0 Å². The SMILES string of the molecule is OCC1(C2(O)COC2)CNC1. The average molecular weight is 159 g/mol. The van der Waals surface area contributed by atoms with Gasteiger partial charge in [-0.05, 0) is 0 Å². The zero-order valence-corrected chi connectivity index (χ0v) is 6.34. The van der Waals surface area contributed by atoms with Gasteiger partial charge in [-0.2, -0.15) is 0 Å². The summed E-state index contributed by atoms with van der Waals surface area (Å²) in [6.45, 7) is 2.18. The lowest BCUT2D eigenvalue weighted by Gasteiger charge is -2.56. The first-order valence-electron chi connectivity index (χ1n) is 3.84. The van der Waals surface area contributed by atoms with Crippen LogP contribution in [0.5, 0.6) is 0 Å². The van der Waals surface area contributed by atoms with Gasteiger partial charge in [0, 0.05) is 13.1 Å². The Kier molecular flexibility index (Phi) is 1.47. The molecule has 0 unspecified atom stereocenters. The molecule has 64 valence electrons. The lowest BCUT2D eigenvalue weighted by atomic mass is 9.67. The van der Waals surface area contributed by atoms with Crippen molar-refractivity contribution in [1.82, 2.24) is 5.32 Å². The molecule has 0 saturated carbocycles. The molecule has 0 bridgehead atoms. The van der Waals surface area contributed by atoms with E-state index in [0.717, 1.165) is 0 Å². The van der Waals surface area contributed by atoms with Gasteiger partial charge in [-0.3, -0.25) is 0 Å². The molecule has 11 heavy (non-hydrogen) atoms. The third-order valence-electron chi connectivity index (χ3n) is 2.90. The molecule has 4 heteroatoms. The summed E-state index contributed by atoms with van der Waals surface area (Å²) in [5, 5.41) is 22.0. The Labute approximate surface area is 65.2 Å². The first-order chi connectivity index (χ1) is 5.22. The van der Waals surface area contributed by atoms with Gasteiger partial charge in [-0.25, -0.2) is 0 Å². The summed E-state index contributed by atoms with van der Waals surface area (Å²) in [5.74, 6) is 0.